The third-order valence-electron chi connectivity index (χ3n) is 3.56. The lowest BCUT2D eigenvalue weighted by Gasteiger charge is -2.38. The maximum Gasteiger partial charge on any atom is 0.410 e. The summed E-state index contributed by atoms with van der Waals surface area (Å²) in [6.45, 7) is 2.31. The molecular weight excluding hydrogens is 252 g/mol. The average molecular weight is 269 g/mol. The van der Waals surface area contributed by atoms with E-state index < -0.39 is 5.60 Å². The van der Waals surface area contributed by atoms with Crippen molar-refractivity contribution in [2.24, 2.45) is 0 Å². The van der Waals surface area contributed by atoms with E-state index in [1.165, 1.54) is 5.56 Å². The molecule has 2 aliphatic rings. The Balaban J connectivity index is 0.00000120. The van der Waals surface area contributed by atoms with Crippen LogP contribution in [-0.4, -0.2) is 43.1 Å². The zero-order valence-corrected chi connectivity index (χ0v) is 11.4. The SMILES string of the molecule is CN1Cc2ccccc2C2(C1)CN(C)C(=O)O2.Cl. The van der Waals surface area contributed by atoms with Gasteiger partial charge in [-0.05, 0) is 12.6 Å². The number of rotatable bonds is 0. The van der Waals surface area contributed by atoms with Gasteiger partial charge in [0.1, 0.15) is 0 Å². The van der Waals surface area contributed by atoms with Crippen LogP contribution in [0.2, 0.25) is 0 Å². The normalized spacial score (nSPS) is 26.8. The second-order valence-corrected chi connectivity index (χ2v) is 5.05. The van der Waals surface area contributed by atoms with E-state index in [2.05, 4.69) is 24.1 Å². The number of carbonyl (C=O) groups is 1. The van der Waals surface area contributed by atoms with Gasteiger partial charge in [-0.3, -0.25) is 4.90 Å². The van der Waals surface area contributed by atoms with Crippen LogP contribution >= 0.6 is 12.4 Å². The van der Waals surface area contributed by atoms with Gasteiger partial charge in [0.05, 0.1) is 6.54 Å². The Morgan fingerprint density at radius 1 is 1.22 bits per heavy atom. The second-order valence-electron chi connectivity index (χ2n) is 5.05. The smallest absolute Gasteiger partial charge is 0.410 e. The number of nitrogens with zero attached hydrogens (tertiary/aromatic N) is 2. The molecule has 2 heterocycles. The summed E-state index contributed by atoms with van der Waals surface area (Å²) in [7, 11) is 3.85. The minimum Gasteiger partial charge on any atom is -0.435 e. The lowest BCUT2D eigenvalue weighted by Crippen LogP contribution is -2.46. The quantitative estimate of drug-likeness (QED) is 0.720. The molecule has 0 N–H and O–H groups in total. The minimum atomic E-state index is -0.477. The molecule has 1 aromatic rings. The van der Waals surface area contributed by atoms with Crippen LogP contribution in [0.4, 0.5) is 4.79 Å². The van der Waals surface area contributed by atoms with Crippen LogP contribution in [0.1, 0.15) is 11.1 Å². The molecule has 5 heteroatoms. The average Bonchev–Trinajstić information content (AvgIpc) is 2.54. The standard InChI is InChI=1S/C13H16N2O2.ClH/c1-14-7-10-5-3-4-6-11(10)13(8-14)9-15(2)12(16)17-13;/h3-6H,7-9H2,1-2H3;1H. The Hall–Kier alpha value is -1.26. The summed E-state index contributed by atoms with van der Waals surface area (Å²) in [5.74, 6) is 0. The summed E-state index contributed by atoms with van der Waals surface area (Å²) in [5.41, 5.74) is 1.94. The molecule has 1 atom stereocenters. The highest BCUT2D eigenvalue weighted by molar-refractivity contribution is 5.85. The molecule has 1 spiro atoms. The number of ether oxygens (including phenoxy) is 1. The first-order chi connectivity index (χ1) is 8.11. The third-order valence-corrected chi connectivity index (χ3v) is 3.56. The molecule has 1 fully saturated rings. The van der Waals surface area contributed by atoms with Crippen LogP contribution in [0.3, 0.4) is 0 Å². The Labute approximate surface area is 113 Å². The maximum atomic E-state index is 11.6. The van der Waals surface area contributed by atoms with Gasteiger partial charge in [0, 0.05) is 25.7 Å². The van der Waals surface area contributed by atoms with E-state index >= 15 is 0 Å². The summed E-state index contributed by atoms with van der Waals surface area (Å²) in [6, 6.07) is 8.23. The molecule has 1 amide bonds. The van der Waals surface area contributed by atoms with E-state index in [1.54, 1.807) is 11.9 Å². The highest BCUT2D eigenvalue weighted by atomic mass is 35.5. The van der Waals surface area contributed by atoms with Crippen LogP contribution in [0.25, 0.3) is 0 Å². The zero-order valence-electron chi connectivity index (χ0n) is 10.5. The predicted octanol–water partition coefficient (Wildman–Crippen LogP) is 1.83. The second kappa shape index (κ2) is 4.44. The molecule has 0 radical (unpaired) electrons. The Bertz CT molecular complexity index is 480. The van der Waals surface area contributed by atoms with E-state index in [4.69, 9.17) is 4.74 Å². The van der Waals surface area contributed by atoms with Crippen molar-refractivity contribution in [3.63, 3.8) is 0 Å². The van der Waals surface area contributed by atoms with Crippen LogP contribution in [0.5, 0.6) is 0 Å². The van der Waals surface area contributed by atoms with Crippen molar-refractivity contribution in [3.05, 3.63) is 35.4 Å². The number of hydrogen-bond donors (Lipinski definition) is 0. The molecule has 1 aromatic carbocycles. The fourth-order valence-corrected chi connectivity index (χ4v) is 2.92. The molecule has 0 aliphatic carbocycles. The van der Waals surface area contributed by atoms with Crippen LogP contribution in [0.15, 0.2) is 24.3 Å². The van der Waals surface area contributed by atoms with Crippen molar-refractivity contribution in [3.8, 4) is 0 Å². The number of halogens is 1. The van der Waals surface area contributed by atoms with Gasteiger partial charge in [0.25, 0.3) is 0 Å². The number of benzene rings is 1. The Kier molecular flexibility index (Phi) is 3.25. The largest absolute Gasteiger partial charge is 0.435 e. The summed E-state index contributed by atoms with van der Waals surface area (Å²) in [5, 5.41) is 0. The summed E-state index contributed by atoms with van der Waals surface area (Å²) in [6.07, 6.45) is -0.227. The molecule has 18 heavy (non-hydrogen) atoms. The van der Waals surface area contributed by atoms with Gasteiger partial charge in [-0.1, -0.05) is 24.3 Å². The monoisotopic (exact) mass is 268 g/mol. The first-order valence-electron chi connectivity index (χ1n) is 5.82. The van der Waals surface area contributed by atoms with Gasteiger partial charge in [-0.25, -0.2) is 4.79 Å². The highest BCUT2D eigenvalue weighted by Crippen LogP contribution is 2.38. The first-order valence-corrected chi connectivity index (χ1v) is 5.82. The van der Waals surface area contributed by atoms with Gasteiger partial charge in [-0.2, -0.15) is 0 Å². The van der Waals surface area contributed by atoms with Crippen molar-refractivity contribution in [1.82, 2.24) is 9.80 Å². The Morgan fingerprint density at radius 2 is 1.94 bits per heavy atom. The number of carbonyl (C=O) groups excluding carboxylic acids is 1. The molecule has 0 saturated carbocycles. The summed E-state index contributed by atoms with van der Waals surface area (Å²) in [4.78, 5) is 15.5. The van der Waals surface area contributed by atoms with E-state index in [-0.39, 0.29) is 18.5 Å². The van der Waals surface area contributed by atoms with Crippen molar-refractivity contribution in [2.45, 2.75) is 12.1 Å². The molecule has 3 rings (SSSR count). The molecule has 2 aliphatic heterocycles. The fraction of sp³-hybridized carbons (Fsp3) is 0.462. The van der Waals surface area contributed by atoms with Crippen LogP contribution in [0, 0.1) is 0 Å². The molecule has 1 unspecified atom stereocenters. The number of hydrogen-bond acceptors (Lipinski definition) is 3. The lowest BCUT2D eigenvalue weighted by molar-refractivity contribution is 0.0135. The fourth-order valence-electron chi connectivity index (χ4n) is 2.92. The molecule has 1 saturated heterocycles. The Morgan fingerprint density at radius 3 is 2.61 bits per heavy atom. The molecule has 98 valence electrons. The molecule has 0 aromatic heterocycles. The molecule has 4 nitrogen and oxygen atoms in total. The van der Waals surface area contributed by atoms with Gasteiger partial charge in [-0.15, -0.1) is 12.4 Å². The number of amides is 1. The summed E-state index contributed by atoms with van der Waals surface area (Å²) < 4.78 is 5.64. The van der Waals surface area contributed by atoms with Crippen molar-refractivity contribution >= 4 is 18.5 Å². The zero-order chi connectivity index (χ0) is 12.0. The van der Waals surface area contributed by atoms with E-state index in [0.29, 0.717) is 6.54 Å². The van der Waals surface area contributed by atoms with E-state index in [0.717, 1.165) is 18.7 Å². The van der Waals surface area contributed by atoms with Crippen molar-refractivity contribution < 1.29 is 9.53 Å². The number of likely N-dealkylation sites (N-methyl/N-ethyl adjacent to an activating group) is 2. The van der Waals surface area contributed by atoms with Crippen molar-refractivity contribution in [2.75, 3.05) is 27.2 Å². The first kappa shape index (κ1) is 13.2. The van der Waals surface area contributed by atoms with Crippen LogP contribution < -0.4 is 0 Å². The predicted molar refractivity (Wildman–Crippen MR) is 70.8 cm³/mol. The minimum absolute atomic E-state index is 0. The third kappa shape index (κ3) is 1.85. The van der Waals surface area contributed by atoms with Crippen molar-refractivity contribution in [1.29, 1.82) is 0 Å². The van der Waals surface area contributed by atoms with Gasteiger partial charge in [0.2, 0.25) is 0 Å². The maximum absolute atomic E-state index is 11.6. The van der Waals surface area contributed by atoms with E-state index in [1.807, 2.05) is 12.1 Å². The van der Waals surface area contributed by atoms with E-state index in [9.17, 15) is 4.79 Å². The molecular formula is C13H17ClN2O2. The number of fused-ring (bicyclic) bond motifs is 2. The molecule has 0 bridgehead atoms. The summed E-state index contributed by atoms with van der Waals surface area (Å²) >= 11 is 0. The highest BCUT2D eigenvalue weighted by Gasteiger charge is 2.48. The van der Waals surface area contributed by atoms with Crippen LogP contribution in [-0.2, 0) is 16.9 Å². The lowest BCUT2D eigenvalue weighted by atomic mass is 9.86. The topological polar surface area (TPSA) is 32.8 Å². The van der Waals surface area contributed by atoms with Gasteiger partial charge in [0.15, 0.2) is 5.60 Å². The van der Waals surface area contributed by atoms with Gasteiger partial charge >= 0.3 is 6.09 Å². The van der Waals surface area contributed by atoms with Gasteiger partial charge < -0.3 is 9.64 Å².